The molecular formula is C16H23N. The van der Waals surface area contributed by atoms with Crippen LogP contribution in [0, 0.1) is 5.92 Å². The number of rotatable bonds is 3. The molecule has 17 heavy (non-hydrogen) atoms. The first-order chi connectivity index (χ1) is 8.34. The molecule has 1 N–H and O–H groups in total. The fraction of sp³-hybridized carbons (Fsp3) is 0.625. The van der Waals surface area contributed by atoms with E-state index in [4.69, 9.17) is 0 Å². The molecule has 1 nitrogen and oxygen atoms in total. The largest absolute Gasteiger partial charge is 0.307 e. The van der Waals surface area contributed by atoms with Gasteiger partial charge in [-0.15, -0.1) is 0 Å². The van der Waals surface area contributed by atoms with Gasteiger partial charge < -0.3 is 5.32 Å². The van der Waals surface area contributed by atoms with Crippen LogP contribution in [0.25, 0.3) is 0 Å². The molecule has 1 fully saturated rings. The summed E-state index contributed by atoms with van der Waals surface area (Å²) in [4.78, 5) is 0. The minimum Gasteiger partial charge on any atom is -0.307 e. The van der Waals surface area contributed by atoms with Gasteiger partial charge in [0.05, 0.1) is 0 Å². The third-order valence-electron chi connectivity index (χ3n) is 4.70. The van der Waals surface area contributed by atoms with E-state index >= 15 is 0 Å². The van der Waals surface area contributed by atoms with Crippen molar-refractivity contribution in [3.05, 3.63) is 35.4 Å². The van der Waals surface area contributed by atoms with Gasteiger partial charge in [0.1, 0.15) is 0 Å². The molecule has 0 amide bonds. The molecule has 1 heteroatoms. The molecular weight excluding hydrogens is 206 g/mol. The van der Waals surface area contributed by atoms with E-state index in [1.807, 2.05) is 0 Å². The van der Waals surface area contributed by atoms with E-state index in [1.165, 1.54) is 38.5 Å². The summed E-state index contributed by atoms with van der Waals surface area (Å²) in [5.41, 5.74) is 3.11. The molecule has 0 spiro atoms. The molecule has 2 atom stereocenters. The van der Waals surface area contributed by atoms with Crippen molar-refractivity contribution in [1.82, 2.24) is 5.32 Å². The lowest BCUT2D eigenvalue weighted by atomic mass is 9.98. The summed E-state index contributed by atoms with van der Waals surface area (Å²) >= 11 is 0. The number of fused-ring (bicyclic) bond motifs is 1. The van der Waals surface area contributed by atoms with E-state index in [9.17, 15) is 0 Å². The van der Waals surface area contributed by atoms with Gasteiger partial charge in [-0.2, -0.15) is 0 Å². The van der Waals surface area contributed by atoms with Crippen molar-refractivity contribution in [2.75, 3.05) is 0 Å². The van der Waals surface area contributed by atoms with Gasteiger partial charge in [0.25, 0.3) is 0 Å². The minimum atomic E-state index is 0.613. The van der Waals surface area contributed by atoms with Crippen LogP contribution < -0.4 is 5.32 Å². The summed E-state index contributed by atoms with van der Waals surface area (Å²) < 4.78 is 0. The summed E-state index contributed by atoms with van der Waals surface area (Å²) in [6, 6.07) is 10.2. The molecule has 0 bridgehead atoms. The van der Waals surface area contributed by atoms with Crippen LogP contribution in [0.1, 0.15) is 56.2 Å². The van der Waals surface area contributed by atoms with E-state index in [0.29, 0.717) is 12.1 Å². The summed E-state index contributed by atoms with van der Waals surface area (Å²) in [5, 5.41) is 3.88. The van der Waals surface area contributed by atoms with Gasteiger partial charge in [-0.25, -0.2) is 0 Å². The molecule has 2 aliphatic rings. The van der Waals surface area contributed by atoms with Crippen LogP contribution >= 0.6 is 0 Å². The molecule has 2 aliphatic carbocycles. The highest BCUT2D eigenvalue weighted by Crippen LogP contribution is 2.34. The quantitative estimate of drug-likeness (QED) is 0.830. The number of nitrogens with one attached hydrogen (secondary N) is 1. The first kappa shape index (κ1) is 11.3. The third-order valence-corrected chi connectivity index (χ3v) is 4.70. The van der Waals surface area contributed by atoms with Crippen LogP contribution in [0.15, 0.2) is 24.3 Å². The normalized spacial score (nSPS) is 26.1. The highest BCUT2D eigenvalue weighted by atomic mass is 15.0. The molecule has 3 rings (SSSR count). The van der Waals surface area contributed by atoms with Crippen LogP contribution in [0.5, 0.6) is 0 Å². The van der Waals surface area contributed by atoms with Crippen molar-refractivity contribution in [2.24, 2.45) is 5.92 Å². The maximum absolute atomic E-state index is 3.88. The zero-order valence-electron chi connectivity index (χ0n) is 10.8. The summed E-state index contributed by atoms with van der Waals surface area (Å²) in [6.45, 7) is 2.39. The van der Waals surface area contributed by atoms with Gasteiger partial charge in [-0.1, -0.05) is 37.1 Å². The smallest absolute Gasteiger partial charge is 0.0328 e. The second-order valence-electron chi connectivity index (χ2n) is 5.79. The molecule has 0 radical (unpaired) electrons. The number of benzene rings is 1. The monoisotopic (exact) mass is 229 g/mol. The highest BCUT2D eigenvalue weighted by Gasteiger charge is 2.27. The molecule has 1 saturated carbocycles. The van der Waals surface area contributed by atoms with Crippen LogP contribution in [0.4, 0.5) is 0 Å². The van der Waals surface area contributed by atoms with E-state index < -0.39 is 0 Å². The number of aryl methyl sites for hydroxylation is 1. The van der Waals surface area contributed by atoms with Crippen molar-refractivity contribution in [2.45, 2.75) is 57.5 Å². The van der Waals surface area contributed by atoms with Crippen LogP contribution in [0.2, 0.25) is 0 Å². The lowest BCUT2D eigenvalue weighted by molar-refractivity contribution is 0.342. The van der Waals surface area contributed by atoms with Crippen molar-refractivity contribution in [3.8, 4) is 0 Å². The SMILES string of the molecule is C[C@@H](NC1CCc2ccccc21)C1CCCC1. The fourth-order valence-electron chi connectivity index (χ4n) is 3.64. The maximum Gasteiger partial charge on any atom is 0.0328 e. The van der Waals surface area contributed by atoms with Crippen molar-refractivity contribution in [1.29, 1.82) is 0 Å². The fourth-order valence-corrected chi connectivity index (χ4v) is 3.64. The van der Waals surface area contributed by atoms with Gasteiger partial charge in [0.2, 0.25) is 0 Å². The number of hydrogen-bond acceptors (Lipinski definition) is 1. The van der Waals surface area contributed by atoms with E-state index in [-0.39, 0.29) is 0 Å². The van der Waals surface area contributed by atoms with E-state index in [1.54, 1.807) is 11.1 Å². The van der Waals surface area contributed by atoms with E-state index in [2.05, 4.69) is 36.5 Å². The Bertz CT molecular complexity index is 379. The second-order valence-corrected chi connectivity index (χ2v) is 5.79. The first-order valence-electron chi connectivity index (χ1n) is 7.18. The van der Waals surface area contributed by atoms with Gasteiger partial charge in [0.15, 0.2) is 0 Å². The van der Waals surface area contributed by atoms with Gasteiger partial charge in [0, 0.05) is 12.1 Å². The topological polar surface area (TPSA) is 12.0 Å². The van der Waals surface area contributed by atoms with E-state index in [0.717, 1.165) is 5.92 Å². The Kier molecular flexibility index (Phi) is 3.19. The Morgan fingerprint density at radius 3 is 2.71 bits per heavy atom. The Morgan fingerprint density at radius 1 is 1.12 bits per heavy atom. The Labute approximate surface area is 105 Å². The Hall–Kier alpha value is -0.820. The molecule has 1 aromatic carbocycles. The highest BCUT2D eigenvalue weighted by molar-refractivity contribution is 5.34. The second kappa shape index (κ2) is 4.81. The predicted octanol–water partition coefficient (Wildman–Crippen LogP) is 3.84. The standard InChI is InChI=1S/C16H23N/c1-12(13-6-2-3-7-13)17-16-11-10-14-8-4-5-9-15(14)16/h4-5,8-9,12-13,16-17H,2-3,6-7,10-11H2,1H3/t12-,16?/m1/s1. The number of hydrogen-bond donors (Lipinski definition) is 1. The molecule has 0 heterocycles. The minimum absolute atomic E-state index is 0.613. The summed E-state index contributed by atoms with van der Waals surface area (Å²) in [5.74, 6) is 0.919. The predicted molar refractivity (Wildman–Crippen MR) is 72.1 cm³/mol. The lowest BCUT2D eigenvalue weighted by Gasteiger charge is -2.25. The summed E-state index contributed by atoms with van der Waals surface area (Å²) in [6.07, 6.45) is 8.29. The van der Waals surface area contributed by atoms with Crippen molar-refractivity contribution >= 4 is 0 Å². The van der Waals surface area contributed by atoms with Crippen molar-refractivity contribution < 1.29 is 0 Å². The van der Waals surface area contributed by atoms with Crippen molar-refractivity contribution in [3.63, 3.8) is 0 Å². The molecule has 0 aliphatic heterocycles. The molecule has 92 valence electrons. The third kappa shape index (κ3) is 2.26. The Balaban J connectivity index is 1.66. The van der Waals surface area contributed by atoms with Gasteiger partial charge in [-0.05, 0) is 49.7 Å². The zero-order valence-corrected chi connectivity index (χ0v) is 10.8. The maximum atomic E-state index is 3.88. The lowest BCUT2D eigenvalue weighted by Crippen LogP contribution is -2.34. The summed E-state index contributed by atoms with van der Waals surface area (Å²) in [7, 11) is 0. The van der Waals surface area contributed by atoms with Gasteiger partial charge in [-0.3, -0.25) is 0 Å². The average molecular weight is 229 g/mol. The van der Waals surface area contributed by atoms with Gasteiger partial charge >= 0.3 is 0 Å². The van der Waals surface area contributed by atoms with Crippen LogP contribution in [0.3, 0.4) is 0 Å². The molecule has 1 unspecified atom stereocenters. The average Bonchev–Trinajstić information content (AvgIpc) is 2.98. The molecule has 1 aromatic rings. The molecule has 0 saturated heterocycles. The Morgan fingerprint density at radius 2 is 1.88 bits per heavy atom. The first-order valence-corrected chi connectivity index (χ1v) is 7.18. The zero-order chi connectivity index (χ0) is 11.7. The van der Waals surface area contributed by atoms with Crippen LogP contribution in [-0.2, 0) is 6.42 Å². The molecule has 0 aromatic heterocycles. The van der Waals surface area contributed by atoms with Crippen LogP contribution in [-0.4, -0.2) is 6.04 Å².